The van der Waals surface area contributed by atoms with E-state index in [9.17, 15) is 5.11 Å². The molecule has 19 heavy (non-hydrogen) atoms. The molecule has 1 saturated heterocycles. The van der Waals surface area contributed by atoms with Crippen molar-refractivity contribution in [2.45, 2.75) is 26.5 Å². The second-order valence-electron chi connectivity index (χ2n) is 5.52. The highest BCUT2D eigenvalue weighted by atomic mass is 16.3. The Labute approximate surface area is 114 Å². The molecule has 3 N–H and O–H groups in total. The minimum Gasteiger partial charge on any atom is -0.396 e. The van der Waals surface area contributed by atoms with E-state index in [0.29, 0.717) is 13.1 Å². The van der Waals surface area contributed by atoms with E-state index in [-0.39, 0.29) is 0 Å². The maximum Gasteiger partial charge on any atom is 0.0862 e. The van der Waals surface area contributed by atoms with Gasteiger partial charge in [-0.15, -0.1) is 0 Å². The van der Waals surface area contributed by atoms with Gasteiger partial charge in [-0.1, -0.05) is 0 Å². The number of anilines is 1. The third-order valence-electron chi connectivity index (χ3n) is 3.89. The zero-order valence-corrected chi connectivity index (χ0v) is 12.1. The summed E-state index contributed by atoms with van der Waals surface area (Å²) in [6.45, 7) is 9.23. The van der Waals surface area contributed by atoms with E-state index < -0.39 is 6.10 Å². The number of nitrogens with zero attached hydrogens (tertiary/aromatic N) is 4. The molecule has 0 aliphatic carbocycles. The fourth-order valence-electron chi connectivity index (χ4n) is 2.47. The van der Waals surface area contributed by atoms with E-state index in [1.807, 2.05) is 18.5 Å². The van der Waals surface area contributed by atoms with Crippen LogP contribution in [0.2, 0.25) is 0 Å². The van der Waals surface area contributed by atoms with Gasteiger partial charge in [-0.25, -0.2) is 0 Å². The van der Waals surface area contributed by atoms with Crippen molar-refractivity contribution < 1.29 is 5.11 Å². The fraction of sp³-hybridized carbons (Fsp3) is 0.769. The number of aliphatic hydroxyl groups is 1. The molecule has 1 aliphatic rings. The lowest BCUT2D eigenvalue weighted by atomic mass is 10.2. The molecule has 2 rings (SSSR count). The van der Waals surface area contributed by atoms with Crippen LogP contribution >= 0.6 is 0 Å². The average Bonchev–Trinajstić information content (AvgIpc) is 2.60. The number of β-amino-alcohol motifs (C(OH)–C–C–N with tert-alkyl or cyclic N) is 1. The van der Waals surface area contributed by atoms with E-state index in [4.69, 9.17) is 5.73 Å². The van der Waals surface area contributed by atoms with Gasteiger partial charge in [-0.2, -0.15) is 5.10 Å². The molecule has 0 spiro atoms. The number of aryl methyl sites for hydroxylation is 1. The van der Waals surface area contributed by atoms with Crippen LogP contribution in [0.4, 0.5) is 5.69 Å². The first-order chi connectivity index (χ1) is 8.97. The summed E-state index contributed by atoms with van der Waals surface area (Å²) < 4.78 is 1.81. The number of aliphatic hydroxyl groups excluding tert-OH is 1. The van der Waals surface area contributed by atoms with Crippen molar-refractivity contribution in [2.24, 2.45) is 0 Å². The van der Waals surface area contributed by atoms with Gasteiger partial charge >= 0.3 is 0 Å². The van der Waals surface area contributed by atoms with Gasteiger partial charge < -0.3 is 15.7 Å². The Bertz CT molecular complexity index is 423. The quantitative estimate of drug-likeness (QED) is 0.783. The summed E-state index contributed by atoms with van der Waals surface area (Å²) in [5, 5.41) is 14.5. The molecule has 1 aromatic heterocycles. The molecule has 2 heterocycles. The lowest BCUT2D eigenvalue weighted by Gasteiger charge is -2.33. The molecule has 0 amide bonds. The predicted octanol–water partition coefficient (Wildman–Crippen LogP) is -0.310. The number of likely N-dealkylation sites (N-methyl/N-ethyl adjacent to an activating group) is 1. The Morgan fingerprint density at radius 3 is 2.37 bits per heavy atom. The van der Waals surface area contributed by atoms with Crippen molar-refractivity contribution in [3.05, 3.63) is 11.4 Å². The minimum atomic E-state index is -0.402. The summed E-state index contributed by atoms with van der Waals surface area (Å²) in [7, 11) is 2.13. The molecule has 0 radical (unpaired) electrons. The Morgan fingerprint density at radius 2 is 1.84 bits per heavy atom. The zero-order valence-electron chi connectivity index (χ0n) is 12.1. The molecule has 0 aromatic carbocycles. The van der Waals surface area contributed by atoms with Crippen molar-refractivity contribution in [1.29, 1.82) is 0 Å². The number of piperazine rings is 1. The lowest BCUT2D eigenvalue weighted by Crippen LogP contribution is -2.47. The monoisotopic (exact) mass is 267 g/mol. The number of aromatic nitrogens is 2. The van der Waals surface area contributed by atoms with Crippen molar-refractivity contribution in [1.82, 2.24) is 19.6 Å². The molecule has 6 heteroatoms. The standard InChI is InChI=1S/C13H25N5O/c1-10-13(14)11(2)18(15-10)9-12(19)8-17-6-4-16(3)5-7-17/h12,19H,4-9,14H2,1-3H3. The molecule has 1 aliphatic heterocycles. The number of hydrogen-bond donors (Lipinski definition) is 2. The minimum absolute atomic E-state index is 0.402. The predicted molar refractivity (Wildman–Crippen MR) is 76.1 cm³/mol. The van der Waals surface area contributed by atoms with Crippen molar-refractivity contribution >= 4 is 5.69 Å². The number of rotatable bonds is 4. The van der Waals surface area contributed by atoms with Gasteiger partial charge in [0.15, 0.2) is 0 Å². The van der Waals surface area contributed by atoms with Crippen LogP contribution in [0.25, 0.3) is 0 Å². The highest BCUT2D eigenvalue weighted by Gasteiger charge is 2.18. The van der Waals surface area contributed by atoms with Gasteiger partial charge in [-0.3, -0.25) is 9.58 Å². The lowest BCUT2D eigenvalue weighted by molar-refractivity contribution is 0.0686. The second kappa shape index (κ2) is 5.90. The van der Waals surface area contributed by atoms with Crippen LogP contribution in [-0.2, 0) is 6.54 Å². The van der Waals surface area contributed by atoms with Crippen molar-refractivity contribution in [3.63, 3.8) is 0 Å². The Kier molecular flexibility index (Phi) is 4.44. The number of nitrogen functional groups attached to an aromatic ring is 1. The maximum absolute atomic E-state index is 10.2. The van der Waals surface area contributed by atoms with Crippen LogP contribution in [0, 0.1) is 13.8 Å². The average molecular weight is 267 g/mol. The van der Waals surface area contributed by atoms with Crippen molar-refractivity contribution in [3.8, 4) is 0 Å². The smallest absolute Gasteiger partial charge is 0.0862 e. The molecule has 108 valence electrons. The van der Waals surface area contributed by atoms with Crippen LogP contribution in [0.1, 0.15) is 11.4 Å². The first-order valence-electron chi connectivity index (χ1n) is 6.86. The molecule has 0 saturated carbocycles. The highest BCUT2D eigenvalue weighted by Crippen LogP contribution is 2.15. The van der Waals surface area contributed by atoms with E-state index >= 15 is 0 Å². The van der Waals surface area contributed by atoms with Gasteiger partial charge in [0.1, 0.15) is 0 Å². The second-order valence-corrected chi connectivity index (χ2v) is 5.52. The first-order valence-corrected chi connectivity index (χ1v) is 6.86. The van der Waals surface area contributed by atoms with Crippen molar-refractivity contribution in [2.75, 3.05) is 45.5 Å². The summed E-state index contributed by atoms with van der Waals surface area (Å²) >= 11 is 0. The fourth-order valence-corrected chi connectivity index (χ4v) is 2.47. The summed E-state index contributed by atoms with van der Waals surface area (Å²) in [5.74, 6) is 0. The van der Waals surface area contributed by atoms with Gasteiger partial charge in [0.05, 0.1) is 29.7 Å². The van der Waals surface area contributed by atoms with E-state index in [2.05, 4.69) is 21.9 Å². The molecular weight excluding hydrogens is 242 g/mol. The van der Waals surface area contributed by atoms with E-state index in [1.54, 1.807) is 0 Å². The summed E-state index contributed by atoms with van der Waals surface area (Å²) in [6.07, 6.45) is -0.402. The van der Waals surface area contributed by atoms with Gasteiger partial charge in [0.25, 0.3) is 0 Å². The Balaban J connectivity index is 1.87. The Morgan fingerprint density at radius 1 is 1.21 bits per heavy atom. The summed E-state index contributed by atoms with van der Waals surface area (Å²) in [6, 6.07) is 0. The third-order valence-corrected chi connectivity index (χ3v) is 3.89. The van der Waals surface area contributed by atoms with Crippen LogP contribution in [0.3, 0.4) is 0 Å². The van der Waals surface area contributed by atoms with Crippen LogP contribution in [-0.4, -0.2) is 70.6 Å². The Hall–Kier alpha value is -1.11. The normalized spacial score (nSPS) is 19.8. The highest BCUT2D eigenvalue weighted by molar-refractivity contribution is 5.46. The van der Waals surface area contributed by atoms with E-state index in [0.717, 1.165) is 43.3 Å². The summed E-state index contributed by atoms with van der Waals surface area (Å²) in [4.78, 5) is 4.62. The maximum atomic E-state index is 10.2. The van der Waals surface area contributed by atoms with Gasteiger partial charge in [0, 0.05) is 32.7 Å². The van der Waals surface area contributed by atoms with Crippen LogP contribution < -0.4 is 5.73 Å². The molecule has 0 bridgehead atoms. The van der Waals surface area contributed by atoms with Crippen LogP contribution in [0.15, 0.2) is 0 Å². The molecule has 1 atom stereocenters. The topological polar surface area (TPSA) is 70.5 Å². The molecule has 6 nitrogen and oxygen atoms in total. The molecule has 1 unspecified atom stereocenters. The SMILES string of the molecule is Cc1nn(CC(O)CN2CCN(C)CC2)c(C)c1N. The largest absolute Gasteiger partial charge is 0.396 e. The van der Waals surface area contributed by atoms with Crippen LogP contribution in [0.5, 0.6) is 0 Å². The zero-order chi connectivity index (χ0) is 14.0. The summed E-state index contributed by atoms with van der Waals surface area (Å²) in [5.41, 5.74) is 8.40. The third kappa shape index (κ3) is 3.46. The van der Waals surface area contributed by atoms with Gasteiger partial charge in [-0.05, 0) is 20.9 Å². The first kappa shape index (κ1) is 14.3. The van der Waals surface area contributed by atoms with Gasteiger partial charge in [0.2, 0.25) is 0 Å². The number of hydrogen-bond acceptors (Lipinski definition) is 5. The van der Waals surface area contributed by atoms with E-state index in [1.165, 1.54) is 0 Å². The number of nitrogens with two attached hydrogens (primary N) is 1. The molecule has 1 fully saturated rings. The molecular formula is C13H25N5O. The molecule has 1 aromatic rings.